The number of hydrogen-bond donors (Lipinski definition) is 0. The summed E-state index contributed by atoms with van der Waals surface area (Å²) in [6.07, 6.45) is 3.59. The second kappa shape index (κ2) is 15.3. The Bertz CT molecular complexity index is 3390. The van der Waals surface area contributed by atoms with Crippen molar-refractivity contribution in [2.45, 2.75) is 0 Å². The summed E-state index contributed by atoms with van der Waals surface area (Å²) in [5.74, 6) is 0.775. The van der Waals surface area contributed by atoms with E-state index < -0.39 is 0 Å². The molecular weight excluding hydrogens is 714 g/mol. The van der Waals surface area contributed by atoms with Crippen LogP contribution in [-0.2, 0) is 0 Å². The number of hydrogen-bond acceptors (Lipinski definition) is 3. The summed E-state index contributed by atoms with van der Waals surface area (Å²) in [4.78, 5) is 11.5. The molecule has 0 saturated carbocycles. The summed E-state index contributed by atoms with van der Waals surface area (Å²) in [5, 5.41) is 32.1. The van der Waals surface area contributed by atoms with Crippen LogP contribution in [0, 0.1) is 0 Å². The first kappa shape index (κ1) is 37.9. The van der Waals surface area contributed by atoms with Gasteiger partial charge in [-0.15, -0.1) is 0 Å². The summed E-state index contributed by atoms with van der Waals surface area (Å²) in [5.41, 5.74) is 11.3. The fourth-order valence-electron chi connectivity index (χ4n) is 8.64. The van der Waals surface area contributed by atoms with E-state index in [1.165, 1.54) is 0 Å². The predicted molar refractivity (Wildman–Crippen MR) is 225 cm³/mol. The van der Waals surface area contributed by atoms with E-state index in [1.54, 1.807) is 24.5 Å². The first-order valence-electron chi connectivity index (χ1n) is 19.0. The minimum Gasteiger partial charge on any atom is -0.868 e. The zero-order valence-corrected chi connectivity index (χ0v) is 32.5. The van der Waals surface area contributed by atoms with E-state index in [0.29, 0.717) is 11.0 Å². The second-order valence-electron chi connectivity index (χ2n) is 14.4. The maximum atomic E-state index is 13.1. The minimum absolute atomic E-state index is 0. The SMILES string of the molecule is [Li+].[Li+].[O-]c1ccc(-c2c3ccccc3c(-c3ccc([O-])c4[nH+]cccc34)c3cc(-c4ccc(-c5nc6ccccc6n5-c5ccccc5)cc4)ccc23)c2ccc[nH+]c12. The van der Waals surface area contributed by atoms with Crippen LogP contribution in [0.5, 0.6) is 11.5 Å². The third-order valence-electron chi connectivity index (χ3n) is 11.2. The largest absolute Gasteiger partial charge is 1.00 e. The molecule has 0 radical (unpaired) electrons. The smallest absolute Gasteiger partial charge is 0.868 e. The van der Waals surface area contributed by atoms with E-state index >= 15 is 0 Å². The summed E-state index contributed by atoms with van der Waals surface area (Å²) >= 11 is 0. The summed E-state index contributed by atoms with van der Waals surface area (Å²) in [6.45, 7) is 0. The van der Waals surface area contributed by atoms with Crippen molar-refractivity contribution in [3.63, 3.8) is 0 Å². The first-order chi connectivity index (χ1) is 28.1. The standard InChI is InChI=1S/C51H32N4O2.2Li/c56-45-26-24-37(40-14-8-28-52-49(40)45)47-35-12-4-5-13-36(35)48(38-25-27-46(57)50-41(38)15-9-29-53-50)42-30-33(22-23-39(42)47)31-18-20-32(21-19-31)51-54-43-16-6-7-17-44(43)55(51)34-10-2-1-3-11-34;;/h1-30,56-57H;;/q;2*+1. The van der Waals surface area contributed by atoms with Crippen LogP contribution in [0.15, 0.2) is 182 Å². The van der Waals surface area contributed by atoms with E-state index in [1.807, 2.05) is 48.5 Å². The van der Waals surface area contributed by atoms with Gasteiger partial charge in [0.25, 0.3) is 0 Å². The molecule has 11 aromatic rings. The number of imidazole rings is 1. The van der Waals surface area contributed by atoms with Crippen molar-refractivity contribution in [2.75, 3.05) is 0 Å². The molecular formula is C51H32Li2N4O2+2. The number of fused-ring (bicyclic) bond motifs is 5. The third kappa shape index (κ3) is 6.18. The monoisotopic (exact) mass is 746 g/mol. The molecule has 0 atom stereocenters. The molecule has 0 fully saturated rings. The Hall–Kier alpha value is -6.64. The van der Waals surface area contributed by atoms with Crippen LogP contribution < -0.4 is 57.9 Å². The Morgan fingerprint density at radius 3 is 1.58 bits per heavy atom. The molecule has 0 aliphatic rings. The second-order valence-corrected chi connectivity index (χ2v) is 14.4. The number of para-hydroxylation sites is 3. The number of rotatable bonds is 5. The van der Waals surface area contributed by atoms with Gasteiger partial charge in [-0.1, -0.05) is 115 Å². The number of nitrogens with one attached hydrogen (secondary N) is 2. The predicted octanol–water partition coefficient (Wildman–Crippen LogP) is 4.09. The summed E-state index contributed by atoms with van der Waals surface area (Å²) in [7, 11) is 0. The van der Waals surface area contributed by atoms with E-state index in [4.69, 9.17) is 4.98 Å². The number of H-pyrrole nitrogens is 2. The number of benzene rings is 8. The maximum absolute atomic E-state index is 13.1. The van der Waals surface area contributed by atoms with E-state index in [9.17, 15) is 10.2 Å². The zero-order valence-electron chi connectivity index (χ0n) is 32.5. The van der Waals surface area contributed by atoms with Crippen LogP contribution in [0.1, 0.15) is 0 Å². The van der Waals surface area contributed by atoms with Crippen molar-refractivity contribution in [3.05, 3.63) is 182 Å². The molecule has 8 aromatic carbocycles. The normalized spacial score (nSPS) is 11.3. The van der Waals surface area contributed by atoms with Crippen LogP contribution >= 0.6 is 0 Å². The molecule has 59 heavy (non-hydrogen) atoms. The van der Waals surface area contributed by atoms with Gasteiger partial charge >= 0.3 is 37.7 Å². The third-order valence-corrected chi connectivity index (χ3v) is 11.2. The quantitative estimate of drug-likeness (QED) is 0.197. The molecule has 0 amide bonds. The Morgan fingerprint density at radius 2 is 0.932 bits per heavy atom. The Morgan fingerprint density at radius 1 is 0.424 bits per heavy atom. The Kier molecular flexibility index (Phi) is 9.81. The van der Waals surface area contributed by atoms with Crippen molar-refractivity contribution < 1.29 is 57.9 Å². The van der Waals surface area contributed by atoms with E-state index in [2.05, 4.69) is 124 Å². The molecule has 6 nitrogen and oxygen atoms in total. The molecule has 0 saturated heterocycles. The van der Waals surface area contributed by atoms with Crippen LogP contribution in [0.3, 0.4) is 0 Å². The number of aromatic nitrogens is 4. The van der Waals surface area contributed by atoms with Crippen molar-refractivity contribution in [2.24, 2.45) is 0 Å². The van der Waals surface area contributed by atoms with E-state index in [-0.39, 0.29) is 49.2 Å². The van der Waals surface area contributed by atoms with Crippen molar-refractivity contribution in [1.29, 1.82) is 0 Å². The van der Waals surface area contributed by atoms with Gasteiger partial charge in [0.2, 0.25) is 11.0 Å². The van der Waals surface area contributed by atoms with Gasteiger partial charge in [0, 0.05) is 23.4 Å². The molecule has 3 heterocycles. The van der Waals surface area contributed by atoms with Gasteiger partial charge in [-0.2, -0.15) is 0 Å². The van der Waals surface area contributed by atoms with Crippen molar-refractivity contribution in [3.8, 4) is 62.0 Å². The Labute approximate surface area is 363 Å². The van der Waals surface area contributed by atoms with Crippen LogP contribution in [0.25, 0.3) is 105 Å². The Balaban J connectivity index is 0.00000224. The number of pyridine rings is 2. The number of nitrogens with zero attached hydrogens (tertiary/aromatic N) is 2. The molecule has 268 valence electrons. The average Bonchev–Trinajstić information content (AvgIpc) is 3.67. The van der Waals surface area contributed by atoms with Gasteiger partial charge in [0.1, 0.15) is 5.82 Å². The maximum Gasteiger partial charge on any atom is 1.00 e. The van der Waals surface area contributed by atoms with Gasteiger partial charge in [-0.25, -0.2) is 15.0 Å². The molecule has 8 heteroatoms. The van der Waals surface area contributed by atoms with Gasteiger partial charge in [0.05, 0.1) is 21.8 Å². The van der Waals surface area contributed by atoms with E-state index in [0.717, 1.165) is 93.8 Å². The van der Waals surface area contributed by atoms with Crippen LogP contribution in [-0.4, -0.2) is 9.55 Å². The van der Waals surface area contributed by atoms with Gasteiger partial charge < -0.3 is 10.2 Å². The van der Waals surface area contributed by atoms with Gasteiger partial charge in [0.15, 0.2) is 12.4 Å². The van der Waals surface area contributed by atoms with Crippen molar-refractivity contribution >= 4 is 54.4 Å². The van der Waals surface area contributed by atoms with Crippen LogP contribution in [0.4, 0.5) is 0 Å². The average molecular weight is 747 g/mol. The topological polar surface area (TPSA) is 92.2 Å². The molecule has 11 rings (SSSR count). The molecule has 3 aromatic heterocycles. The summed E-state index contributed by atoms with van der Waals surface area (Å²) in [6, 6.07) is 57.4. The molecule has 0 aliphatic carbocycles. The fourth-order valence-corrected chi connectivity index (χ4v) is 8.64. The molecule has 0 bridgehead atoms. The molecule has 0 unspecified atom stereocenters. The minimum atomic E-state index is -0.0541. The van der Waals surface area contributed by atoms with Crippen LogP contribution in [0.2, 0.25) is 0 Å². The molecule has 0 spiro atoms. The number of aromatic amines is 2. The first-order valence-corrected chi connectivity index (χ1v) is 19.0. The van der Waals surface area contributed by atoms with Gasteiger partial charge in [-0.05, 0) is 109 Å². The molecule has 0 aliphatic heterocycles. The zero-order chi connectivity index (χ0) is 38.0. The molecule has 2 N–H and O–H groups in total. The fraction of sp³-hybridized carbons (Fsp3) is 0. The van der Waals surface area contributed by atoms with Gasteiger partial charge in [-0.3, -0.25) is 4.57 Å². The summed E-state index contributed by atoms with van der Waals surface area (Å²) < 4.78 is 2.22. The van der Waals surface area contributed by atoms with Crippen molar-refractivity contribution in [1.82, 2.24) is 9.55 Å².